The van der Waals surface area contributed by atoms with Gasteiger partial charge in [0.15, 0.2) is 0 Å². The van der Waals surface area contributed by atoms with E-state index in [1.807, 2.05) is 11.9 Å². The van der Waals surface area contributed by atoms with Gasteiger partial charge in [-0.05, 0) is 78.7 Å². The summed E-state index contributed by atoms with van der Waals surface area (Å²) in [7, 11) is 2.00. The van der Waals surface area contributed by atoms with Crippen LogP contribution in [0, 0.1) is 23.2 Å². The van der Waals surface area contributed by atoms with Gasteiger partial charge in [-0.15, -0.1) is 0 Å². The Morgan fingerprint density at radius 1 is 1.25 bits per heavy atom. The molecule has 2 nitrogen and oxygen atoms in total. The molecule has 0 aliphatic heterocycles. The Morgan fingerprint density at radius 2 is 1.85 bits per heavy atom. The Kier molecular flexibility index (Phi) is 2.95. The smallest absolute Gasteiger partial charge is 0.228 e. The van der Waals surface area contributed by atoms with Crippen molar-refractivity contribution in [3.05, 3.63) is 22.4 Å². The lowest BCUT2D eigenvalue weighted by atomic mass is 9.49. The van der Waals surface area contributed by atoms with Crippen molar-refractivity contribution in [2.24, 2.45) is 23.2 Å². The normalized spacial score (nSPS) is 38.1. The lowest BCUT2D eigenvalue weighted by molar-refractivity contribution is -0.156. The van der Waals surface area contributed by atoms with Crippen LogP contribution in [0.4, 0.5) is 0 Å². The predicted octanol–water partition coefficient (Wildman–Crippen LogP) is 3.92. The van der Waals surface area contributed by atoms with Crippen LogP contribution in [0.15, 0.2) is 16.8 Å². The van der Waals surface area contributed by atoms with E-state index in [0.717, 1.165) is 24.3 Å². The largest absolute Gasteiger partial charge is 0.341 e. The fraction of sp³-hybridized carbons (Fsp3) is 0.706. The van der Waals surface area contributed by atoms with E-state index < -0.39 is 0 Å². The van der Waals surface area contributed by atoms with Crippen LogP contribution in [-0.2, 0) is 11.3 Å². The molecule has 1 heterocycles. The lowest BCUT2D eigenvalue weighted by Crippen LogP contribution is -2.53. The molecule has 3 heteroatoms. The molecule has 0 saturated heterocycles. The molecule has 20 heavy (non-hydrogen) atoms. The van der Waals surface area contributed by atoms with Crippen LogP contribution < -0.4 is 0 Å². The fourth-order valence-electron chi connectivity index (χ4n) is 5.51. The molecule has 0 spiro atoms. The summed E-state index contributed by atoms with van der Waals surface area (Å²) < 4.78 is 0. The molecule has 0 unspecified atom stereocenters. The van der Waals surface area contributed by atoms with E-state index in [1.165, 1.54) is 44.1 Å². The first-order chi connectivity index (χ1) is 9.64. The summed E-state index contributed by atoms with van der Waals surface area (Å²) in [6.45, 7) is 0.782. The van der Waals surface area contributed by atoms with Gasteiger partial charge in [-0.2, -0.15) is 11.3 Å². The summed E-state index contributed by atoms with van der Waals surface area (Å²) in [6, 6.07) is 2.13. The molecular weight excluding hydrogens is 266 g/mol. The number of hydrogen-bond donors (Lipinski definition) is 0. The van der Waals surface area contributed by atoms with E-state index in [2.05, 4.69) is 16.8 Å². The van der Waals surface area contributed by atoms with Crippen LogP contribution in [0.2, 0.25) is 0 Å². The van der Waals surface area contributed by atoms with Gasteiger partial charge in [0.25, 0.3) is 0 Å². The Labute approximate surface area is 125 Å². The maximum Gasteiger partial charge on any atom is 0.228 e. The standard InChI is InChI=1S/C17H23NOS/c1-18(10-12-2-3-20-11-12)16(19)17-7-13-4-14(8-17)6-15(5-13)9-17/h2-3,11,13-15H,4-10H2,1H3. The van der Waals surface area contributed by atoms with Crippen molar-refractivity contribution in [1.29, 1.82) is 0 Å². The van der Waals surface area contributed by atoms with Crippen LogP contribution >= 0.6 is 11.3 Å². The summed E-state index contributed by atoms with van der Waals surface area (Å²) >= 11 is 1.71. The third-order valence-corrected chi connectivity index (χ3v) is 6.57. The second-order valence-electron chi connectivity index (χ2n) is 7.49. The highest BCUT2D eigenvalue weighted by Gasteiger charge is 2.55. The van der Waals surface area contributed by atoms with Gasteiger partial charge < -0.3 is 4.90 Å². The molecule has 4 aliphatic carbocycles. The van der Waals surface area contributed by atoms with Gasteiger partial charge in [-0.25, -0.2) is 0 Å². The van der Waals surface area contributed by atoms with Gasteiger partial charge in [0.2, 0.25) is 5.91 Å². The molecule has 1 aromatic rings. The maximum atomic E-state index is 13.1. The zero-order chi connectivity index (χ0) is 13.7. The van der Waals surface area contributed by atoms with Crippen molar-refractivity contribution in [2.45, 2.75) is 45.1 Å². The Morgan fingerprint density at radius 3 is 2.35 bits per heavy atom. The SMILES string of the molecule is CN(Cc1ccsc1)C(=O)C12CC3CC(CC(C3)C1)C2. The van der Waals surface area contributed by atoms with E-state index in [0.29, 0.717) is 5.91 Å². The number of amides is 1. The van der Waals surface area contributed by atoms with Crippen molar-refractivity contribution in [2.75, 3.05) is 7.05 Å². The van der Waals surface area contributed by atoms with Crippen molar-refractivity contribution in [3.8, 4) is 0 Å². The van der Waals surface area contributed by atoms with E-state index in [9.17, 15) is 4.79 Å². The third kappa shape index (κ3) is 2.02. The number of hydrogen-bond acceptors (Lipinski definition) is 2. The molecule has 0 aromatic carbocycles. The second kappa shape index (κ2) is 4.59. The monoisotopic (exact) mass is 289 g/mol. The lowest BCUT2D eigenvalue weighted by Gasteiger charge is -2.56. The minimum absolute atomic E-state index is 0.0134. The van der Waals surface area contributed by atoms with Gasteiger partial charge in [0, 0.05) is 13.6 Å². The highest BCUT2D eigenvalue weighted by atomic mass is 32.1. The molecule has 0 radical (unpaired) electrons. The fourth-order valence-corrected chi connectivity index (χ4v) is 6.17. The second-order valence-corrected chi connectivity index (χ2v) is 8.27. The maximum absolute atomic E-state index is 13.1. The number of rotatable bonds is 3. The minimum atomic E-state index is 0.0134. The average molecular weight is 289 g/mol. The van der Waals surface area contributed by atoms with Crippen LogP contribution in [-0.4, -0.2) is 17.9 Å². The summed E-state index contributed by atoms with van der Waals surface area (Å²) in [5, 5.41) is 4.25. The topological polar surface area (TPSA) is 20.3 Å². The number of carbonyl (C=O) groups is 1. The van der Waals surface area contributed by atoms with E-state index in [4.69, 9.17) is 0 Å². The van der Waals surface area contributed by atoms with E-state index >= 15 is 0 Å². The first-order valence-corrected chi connectivity index (χ1v) is 8.85. The van der Waals surface area contributed by atoms with Crippen LogP contribution in [0.1, 0.15) is 44.1 Å². The molecule has 5 rings (SSSR count). The van der Waals surface area contributed by atoms with E-state index in [-0.39, 0.29) is 5.41 Å². The third-order valence-electron chi connectivity index (χ3n) is 5.84. The van der Waals surface area contributed by atoms with E-state index in [1.54, 1.807) is 11.3 Å². The van der Waals surface area contributed by atoms with Crippen molar-refractivity contribution in [1.82, 2.24) is 4.90 Å². The number of carbonyl (C=O) groups excluding carboxylic acids is 1. The highest BCUT2D eigenvalue weighted by molar-refractivity contribution is 7.07. The van der Waals surface area contributed by atoms with Gasteiger partial charge in [0.05, 0.1) is 5.41 Å². The van der Waals surface area contributed by atoms with Gasteiger partial charge in [-0.1, -0.05) is 0 Å². The summed E-state index contributed by atoms with van der Waals surface area (Å²) in [6.07, 6.45) is 7.73. The molecule has 0 atom stereocenters. The molecule has 4 aliphatic rings. The molecule has 4 bridgehead atoms. The Hall–Kier alpha value is -0.830. The van der Waals surface area contributed by atoms with Gasteiger partial charge in [0.1, 0.15) is 0 Å². The summed E-state index contributed by atoms with van der Waals surface area (Å²) in [5.41, 5.74) is 1.29. The van der Waals surface area contributed by atoms with Crippen molar-refractivity contribution < 1.29 is 4.79 Å². The van der Waals surface area contributed by atoms with Crippen molar-refractivity contribution in [3.63, 3.8) is 0 Å². The molecular formula is C17H23NOS. The zero-order valence-corrected chi connectivity index (χ0v) is 13.0. The summed E-state index contributed by atoms with van der Waals surface area (Å²) in [4.78, 5) is 15.0. The zero-order valence-electron chi connectivity index (χ0n) is 12.2. The predicted molar refractivity (Wildman–Crippen MR) is 81.4 cm³/mol. The molecule has 1 aromatic heterocycles. The highest BCUT2D eigenvalue weighted by Crippen LogP contribution is 2.60. The van der Waals surface area contributed by atoms with Crippen LogP contribution in [0.5, 0.6) is 0 Å². The first kappa shape index (κ1) is 12.9. The van der Waals surface area contributed by atoms with Gasteiger partial charge in [-0.3, -0.25) is 4.79 Å². The van der Waals surface area contributed by atoms with Gasteiger partial charge >= 0.3 is 0 Å². The first-order valence-electron chi connectivity index (χ1n) is 7.91. The summed E-state index contributed by atoms with van der Waals surface area (Å²) in [5.74, 6) is 2.97. The minimum Gasteiger partial charge on any atom is -0.341 e. The van der Waals surface area contributed by atoms with Crippen LogP contribution in [0.3, 0.4) is 0 Å². The molecule has 1 amide bonds. The quantitative estimate of drug-likeness (QED) is 0.826. The Balaban J connectivity index is 1.53. The molecule has 108 valence electrons. The van der Waals surface area contributed by atoms with Crippen molar-refractivity contribution >= 4 is 17.2 Å². The molecule has 0 N–H and O–H groups in total. The Bertz CT molecular complexity index is 472. The average Bonchev–Trinajstić information content (AvgIpc) is 2.89. The number of thiophene rings is 1. The van der Waals surface area contributed by atoms with Crippen LogP contribution in [0.25, 0.3) is 0 Å². The molecule has 4 saturated carbocycles. The number of nitrogens with zero attached hydrogens (tertiary/aromatic N) is 1. The molecule has 4 fully saturated rings.